The van der Waals surface area contributed by atoms with E-state index in [1.54, 1.807) is 37.3 Å². The number of carbonyl (C=O) groups excluding carboxylic acids is 1. The smallest absolute Gasteiger partial charge is 0.245 e. The van der Waals surface area contributed by atoms with E-state index in [2.05, 4.69) is 5.32 Å². The molecule has 1 fully saturated rings. The summed E-state index contributed by atoms with van der Waals surface area (Å²) in [5.41, 5.74) is 1.38. The molecule has 0 aliphatic carbocycles. The minimum Gasteiger partial charge on any atom is -0.325 e. The molecule has 1 heterocycles. The van der Waals surface area contributed by atoms with Crippen LogP contribution in [0.1, 0.15) is 36.9 Å². The number of sulfonamides is 1. The Bertz CT molecular complexity index is 944. The zero-order valence-corrected chi connectivity index (χ0v) is 15.5. The third-order valence-corrected chi connectivity index (χ3v) is 6.45. The lowest BCUT2D eigenvalue weighted by molar-refractivity contribution is -0.114. The molecule has 0 aromatic heterocycles. The number of anilines is 1. The number of aryl methyl sites for hydroxylation is 1. The quantitative estimate of drug-likeness (QED) is 0.886. The molecular weight excluding hydrogens is 355 g/mol. The number of nitrogens with zero attached hydrogens (tertiary/aromatic N) is 1. The van der Waals surface area contributed by atoms with Gasteiger partial charge in [0, 0.05) is 19.0 Å². The van der Waals surface area contributed by atoms with Crippen molar-refractivity contribution >= 4 is 21.6 Å². The Morgan fingerprint density at radius 3 is 2.65 bits per heavy atom. The summed E-state index contributed by atoms with van der Waals surface area (Å²) in [6.07, 6.45) is 1.21. The van der Waals surface area contributed by atoms with E-state index in [0.717, 1.165) is 5.56 Å². The van der Waals surface area contributed by atoms with E-state index in [1.807, 2.05) is 0 Å². The molecule has 1 aliphatic rings. The minimum atomic E-state index is -3.90. The lowest BCUT2D eigenvalue weighted by Crippen LogP contribution is -2.32. The summed E-state index contributed by atoms with van der Waals surface area (Å²) in [6, 6.07) is 10.6. The van der Waals surface area contributed by atoms with Crippen molar-refractivity contribution in [1.82, 2.24) is 4.31 Å². The number of amides is 1. The lowest BCUT2D eigenvalue weighted by atomic mass is 10.1. The van der Waals surface area contributed by atoms with Crippen LogP contribution in [0.4, 0.5) is 10.1 Å². The molecule has 1 N–H and O–H groups in total. The van der Waals surface area contributed by atoms with Crippen molar-refractivity contribution in [3.05, 3.63) is 59.4 Å². The van der Waals surface area contributed by atoms with Crippen LogP contribution in [0.15, 0.2) is 47.4 Å². The molecule has 1 atom stereocenters. The summed E-state index contributed by atoms with van der Waals surface area (Å²) in [6.45, 7) is 3.43. The zero-order chi connectivity index (χ0) is 18.9. The Morgan fingerprint density at radius 1 is 1.23 bits per heavy atom. The van der Waals surface area contributed by atoms with E-state index in [-0.39, 0.29) is 16.5 Å². The van der Waals surface area contributed by atoms with E-state index < -0.39 is 21.9 Å². The van der Waals surface area contributed by atoms with Crippen LogP contribution >= 0.6 is 0 Å². The van der Waals surface area contributed by atoms with Gasteiger partial charge in [-0.1, -0.05) is 24.3 Å². The number of hydrogen-bond donors (Lipinski definition) is 1. The monoisotopic (exact) mass is 376 g/mol. The SMILES string of the molecule is CC(=O)Nc1ccc(C)cc1S(=O)(=O)N1CCCC1c1ccccc1F. The van der Waals surface area contributed by atoms with E-state index in [9.17, 15) is 17.6 Å². The molecule has 0 spiro atoms. The standard InChI is InChI=1S/C19H21FN2O3S/c1-13-9-10-17(21-14(2)23)19(12-13)26(24,25)22-11-5-8-18(22)15-6-3-4-7-16(15)20/h3-4,6-7,9-10,12,18H,5,8,11H2,1-2H3,(H,21,23). The Morgan fingerprint density at radius 2 is 1.96 bits per heavy atom. The van der Waals surface area contributed by atoms with Gasteiger partial charge in [0.15, 0.2) is 0 Å². The van der Waals surface area contributed by atoms with Crippen LogP contribution in [-0.2, 0) is 14.8 Å². The predicted molar refractivity (Wildman–Crippen MR) is 97.7 cm³/mol. The highest BCUT2D eigenvalue weighted by molar-refractivity contribution is 7.89. The van der Waals surface area contributed by atoms with E-state index in [0.29, 0.717) is 24.9 Å². The Hall–Kier alpha value is -2.25. The predicted octanol–water partition coefficient (Wildman–Crippen LogP) is 3.62. The van der Waals surface area contributed by atoms with Gasteiger partial charge >= 0.3 is 0 Å². The molecule has 1 amide bonds. The van der Waals surface area contributed by atoms with Gasteiger partial charge in [0.05, 0.1) is 11.7 Å². The average Bonchev–Trinajstić information content (AvgIpc) is 3.06. The van der Waals surface area contributed by atoms with Crippen LogP contribution in [0.3, 0.4) is 0 Å². The number of nitrogens with one attached hydrogen (secondary N) is 1. The summed E-state index contributed by atoms with van der Waals surface area (Å²) in [4.78, 5) is 11.5. The summed E-state index contributed by atoms with van der Waals surface area (Å²) in [7, 11) is -3.90. The van der Waals surface area contributed by atoms with Crippen LogP contribution in [0.5, 0.6) is 0 Å². The summed E-state index contributed by atoms with van der Waals surface area (Å²) in [5.74, 6) is -0.761. The van der Waals surface area contributed by atoms with Gasteiger partial charge in [0.25, 0.3) is 0 Å². The number of hydrogen-bond acceptors (Lipinski definition) is 3. The Balaban J connectivity index is 2.06. The number of benzene rings is 2. The molecule has 0 saturated carbocycles. The second-order valence-electron chi connectivity index (χ2n) is 6.48. The highest BCUT2D eigenvalue weighted by Gasteiger charge is 2.38. The Kier molecular flexibility index (Phi) is 5.11. The Labute approximate surface area is 152 Å². The number of carbonyl (C=O) groups is 1. The molecular formula is C19H21FN2O3S. The average molecular weight is 376 g/mol. The molecule has 2 aromatic carbocycles. The number of halogens is 1. The fourth-order valence-electron chi connectivity index (χ4n) is 3.35. The molecule has 1 aliphatic heterocycles. The van der Waals surface area contributed by atoms with Crippen LogP contribution in [0, 0.1) is 12.7 Å². The third-order valence-electron chi connectivity index (χ3n) is 4.50. The maximum absolute atomic E-state index is 14.2. The molecule has 2 aromatic rings. The first-order valence-electron chi connectivity index (χ1n) is 8.45. The van der Waals surface area contributed by atoms with Crippen molar-refractivity contribution < 1.29 is 17.6 Å². The second-order valence-corrected chi connectivity index (χ2v) is 8.34. The fourth-order valence-corrected chi connectivity index (χ4v) is 5.25. The molecule has 0 radical (unpaired) electrons. The van der Waals surface area contributed by atoms with Gasteiger partial charge < -0.3 is 5.32 Å². The molecule has 1 saturated heterocycles. The van der Waals surface area contributed by atoms with Crippen molar-refractivity contribution in [2.24, 2.45) is 0 Å². The first-order chi connectivity index (χ1) is 12.3. The fraction of sp³-hybridized carbons (Fsp3) is 0.316. The molecule has 26 heavy (non-hydrogen) atoms. The summed E-state index contributed by atoms with van der Waals surface area (Å²) < 4.78 is 42.3. The van der Waals surface area contributed by atoms with Crippen molar-refractivity contribution in [2.45, 2.75) is 37.6 Å². The van der Waals surface area contributed by atoms with Gasteiger partial charge in [-0.3, -0.25) is 4.79 Å². The first-order valence-corrected chi connectivity index (χ1v) is 9.89. The largest absolute Gasteiger partial charge is 0.325 e. The molecule has 7 heteroatoms. The third kappa shape index (κ3) is 3.50. The van der Waals surface area contributed by atoms with Gasteiger partial charge in [-0.2, -0.15) is 4.31 Å². The van der Waals surface area contributed by atoms with Gasteiger partial charge in [-0.25, -0.2) is 12.8 Å². The van der Waals surface area contributed by atoms with Crippen LogP contribution in [0.25, 0.3) is 0 Å². The maximum atomic E-state index is 14.2. The second kappa shape index (κ2) is 7.17. The minimum absolute atomic E-state index is 0.0379. The molecule has 0 bridgehead atoms. The van der Waals surface area contributed by atoms with Crippen molar-refractivity contribution in [2.75, 3.05) is 11.9 Å². The molecule has 138 valence electrons. The van der Waals surface area contributed by atoms with Gasteiger partial charge in [-0.05, 0) is 43.5 Å². The van der Waals surface area contributed by atoms with E-state index in [1.165, 1.54) is 23.4 Å². The first kappa shape index (κ1) is 18.5. The highest BCUT2D eigenvalue weighted by atomic mass is 32.2. The van der Waals surface area contributed by atoms with E-state index >= 15 is 0 Å². The van der Waals surface area contributed by atoms with E-state index in [4.69, 9.17) is 0 Å². The van der Waals surface area contributed by atoms with Gasteiger partial charge in [0.2, 0.25) is 15.9 Å². The van der Waals surface area contributed by atoms with Crippen molar-refractivity contribution in [1.29, 1.82) is 0 Å². The van der Waals surface area contributed by atoms with Crippen LogP contribution < -0.4 is 5.32 Å². The molecule has 3 rings (SSSR count). The summed E-state index contributed by atoms with van der Waals surface area (Å²) in [5, 5.41) is 2.58. The summed E-state index contributed by atoms with van der Waals surface area (Å²) >= 11 is 0. The normalized spacial score (nSPS) is 18.0. The maximum Gasteiger partial charge on any atom is 0.245 e. The number of rotatable bonds is 4. The van der Waals surface area contributed by atoms with Gasteiger partial charge in [-0.15, -0.1) is 0 Å². The topological polar surface area (TPSA) is 66.5 Å². The van der Waals surface area contributed by atoms with Crippen molar-refractivity contribution in [3.8, 4) is 0 Å². The molecule has 1 unspecified atom stereocenters. The zero-order valence-electron chi connectivity index (χ0n) is 14.7. The van der Waals surface area contributed by atoms with Gasteiger partial charge in [0.1, 0.15) is 10.7 Å². The van der Waals surface area contributed by atoms with Crippen LogP contribution in [0.2, 0.25) is 0 Å². The van der Waals surface area contributed by atoms with Crippen LogP contribution in [-0.4, -0.2) is 25.2 Å². The van der Waals surface area contributed by atoms with Crippen molar-refractivity contribution in [3.63, 3.8) is 0 Å². The highest BCUT2D eigenvalue weighted by Crippen LogP contribution is 2.39. The lowest BCUT2D eigenvalue weighted by Gasteiger charge is -2.26. The molecule has 5 nitrogen and oxygen atoms in total.